The minimum atomic E-state index is 0.0882. The van der Waals surface area contributed by atoms with Gasteiger partial charge in [0.15, 0.2) is 5.96 Å². The molecule has 0 bridgehead atoms. The lowest BCUT2D eigenvalue weighted by Crippen LogP contribution is -2.36. The van der Waals surface area contributed by atoms with Crippen LogP contribution in [0.1, 0.15) is 0 Å². The molecule has 0 aromatic carbocycles. The first-order valence-corrected chi connectivity index (χ1v) is 4.25. The van der Waals surface area contributed by atoms with Crippen molar-refractivity contribution in [3.63, 3.8) is 0 Å². The van der Waals surface area contributed by atoms with Gasteiger partial charge in [-0.3, -0.25) is 4.99 Å². The molecule has 0 aliphatic carbocycles. The molecule has 13 heavy (non-hydrogen) atoms. The summed E-state index contributed by atoms with van der Waals surface area (Å²) in [5.74, 6) is 0.543. The van der Waals surface area contributed by atoms with Gasteiger partial charge in [0.1, 0.15) is 12.2 Å². The van der Waals surface area contributed by atoms with E-state index in [1.807, 2.05) is 4.90 Å². The van der Waals surface area contributed by atoms with Crippen molar-refractivity contribution in [3.8, 4) is 0 Å². The van der Waals surface area contributed by atoms with Crippen LogP contribution < -0.4 is 5.73 Å². The molecule has 0 aromatic rings. The van der Waals surface area contributed by atoms with Gasteiger partial charge in [-0.15, -0.1) is 0 Å². The van der Waals surface area contributed by atoms with Crippen molar-refractivity contribution >= 4 is 5.96 Å². The number of hydrogen-bond donors (Lipinski definition) is 1. The number of hydrogen-bond acceptors (Lipinski definition) is 3. The largest absolute Gasteiger partial charge is 0.377 e. The number of nitrogens with zero attached hydrogens (tertiary/aromatic N) is 2. The maximum absolute atomic E-state index is 5.68. The van der Waals surface area contributed by atoms with Crippen LogP contribution in [-0.4, -0.2) is 57.4 Å². The molecule has 0 aromatic heterocycles. The van der Waals surface area contributed by atoms with Crippen molar-refractivity contribution in [3.05, 3.63) is 0 Å². The Balaban J connectivity index is 2.57. The molecule has 1 fully saturated rings. The van der Waals surface area contributed by atoms with Crippen LogP contribution in [0.4, 0.5) is 0 Å². The number of ether oxygens (including phenoxy) is 2. The molecule has 0 spiro atoms. The lowest BCUT2D eigenvalue weighted by molar-refractivity contribution is -0.00461. The summed E-state index contributed by atoms with van der Waals surface area (Å²) in [6.45, 7) is 1.50. The molecular weight excluding hydrogens is 170 g/mol. The zero-order chi connectivity index (χ0) is 9.84. The Bertz CT molecular complexity index is 184. The third-order valence-corrected chi connectivity index (χ3v) is 2.37. The van der Waals surface area contributed by atoms with Gasteiger partial charge in [0.2, 0.25) is 0 Å². The smallest absolute Gasteiger partial charge is 0.191 e. The quantitative estimate of drug-likeness (QED) is 0.457. The summed E-state index contributed by atoms with van der Waals surface area (Å²) in [7, 11) is 5.04. The Morgan fingerprint density at radius 1 is 1.31 bits per heavy atom. The molecule has 1 heterocycles. The normalized spacial score (nSPS) is 29.8. The summed E-state index contributed by atoms with van der Waals surface area (Å²) < 4.78 is 10.5. The van der Waals surface area contributed by atoms with Gasteiger partial charge in [0.25, 0.3) is 0 Å². The van der Waals surface area contributed by atoms with Crippen LogP contribution in [0.3, 0.4) is 0 Å². The van der Waals surface area contributed by atoms with Crippen molar-refractivity contribution in [2.24, 2.45) is 10.7 Å². The fourth-order valence-electron chi connectivity index (χ4n) is 1.53. The molecule has 76 valence electrons. The Hall–Kier alpha value is -0.810. The molecule has 1 aliphatic rings. The first-order valence-electron chi connectivity index (χ1n) is 4.25. The summed E-state index contributed by atoms with van der Waals surface area (Å²) in [6, 6.07) is 0. The van der Waals surface area contributed by atoms with E-state index in [9.17, 15) is 0 Å². The number of guanidine groups is 1. The minimum absolute atomic E-state index is 0.0882. The van der Waals surface area contributed by atoms with E-state index in [1.54, 1.807) is 21.3 Å². The Morgan fingerprint density at radius 2 is 1.77 bits per heavy atom. The highest BCUT2D eigenvalue weighted by Crippen LogP contribution is 2.14. The van der Waals surface area contributed by atoms with Crippen molar-refractivity contribution in [2.75, 3.05) is 34.4 Å². The van der Waals surface area contributed by atoms with Gasteiger partial charge in [0.05, 0.1) is 0 Å². The maximum atomic E-state index is 5.68. The Labute approximate surface area is 78.5 Å². The number of rotatable bonds is 2. The van der Waals surface area contributed by atoms with Crippen LogP contribution in [0.2, 0.25) is 0 Å². The van der Waals surface area contributed by atoms with E-state index in [0.717, 1.165) is 13.1 Å². The summed E-state index contributed by atoms with van der Waals surface area (Å²) in [5, 5.41) is 0. The van der Waals surface area contributed by atoms with Gasteiger partial charge in [0, 0.05) is 34.4 Å². The predicted octanol–water partition coefficient (Wildman–Crippen LogP) is -0.723. The lowest BCUT2D eigenvalue weighted by atomic mass is 10.3. The summed E-state index contributed by atoms with van der Waals surface area (Å²) in [4.78, 5) is 5.88. The molecule has 1 saturated heterocycles. The van der Waals surface area contributed by atoms with Crippen molar-refractivity contribution in [1.82, 2.24) is 4.90 Å². The number of likely N-dealkylation sites (tertiary alicyclic amines) is 1. The van der Waals surface area contributed by atoms with Crippen LogP contribution in [0.15, 0.2) is 4.99 Å². The van der Waals surface area contributed by atoms with Crippen molar-refractivity contribution in [2.45, 2.75) is 12.2 Å². The van der Waals surface area contributed by atoms with Crippen LogP contribution in [0.25, 0.3) is 0 Å². The molecule has 5 heteroatoms. The standard InChI is InChI=1S/C8H17N3O2/c1-10-8(9)11-4-6(12-2)7(5-11)13-3/h6-7H,4-5H2,1-3H3,(H2,9,10). The molecular formula is C8H17N3O2. The molecule has 1 rings (SSSR count). The average Bonchev–Trinajstić information content (AvgIpc) is 2.59. The molecule has 0 radical (unpaired) electrons. The second-order valence-electron chi connectivity index (χ2n) is 3.04. The highest BCUT2D eigenvalue weighted by Gasteiger charge is 2.33. The molecule has 2 unspecified atom stereocenters. The summed E-state index contributed by atoms with van der Waals surface area (Å²) >= 11 is 0. The number of aliphatic imine (C=N–C) groups is 1. The fraction of sp³-hybridized carbons (Fsp3) is 0.875. The molecule has 5 nitrogen and oxygen atoms in total. The highest BCUT2D eigenvalue weighted by molar-refractivity contribution is 5.78. The SMILES string of the molecule is CN=C(N)N1CC(OC)C(OC)C1. The minimum Gasteiger partial charge on any atom is -0.377 e. The predicted molar refractivity (Wildman–Crippen MR) is 50.7 cm³/mol. The van der Waals surface area contributed by atoms with Crippen molar-refractivity contribution < 1.29 is 9.47 Å². The van der Waals surface area contributed by atoms with Crippen LogP contribution in [0.5, 0.6) is 0 Å². The van der Waals surface area contributed by atoms with E-state index in [2.05, 4.69) is 4.99 Å². The molecule has 0 amide bonds. The number of methoxy groups -OCH3 is 2. The van der Waals surface area contributed by atoms with Crippen molar-refractivity contribution in [1.29, 1.82) is 0 Å². The molecule has 1 aliphatic heterocycles. The van der Waals surface area contributed by atoms with E-state index in [1.165, 1.54) is 0 Å². The van der Waals surface area contributed by atoms with E-state index >= 15 is 0 Å². The molecule has 2 N–H and O–H groups in total. The lowest BCUT2D eigenvalue weighted by Gasteiger charge is -2.15. The molecule has 0 saturated carbocycles. The van der Waals surface area contributed by atoms with E-state index < -0.39 is 0 Å². The third kappa shape index (κ3) is 2.10. The van der Waals surface area contributed by atoms with E-state index in [0.29, 0.717) is 5.96 Å². The van der Waals surface area contributed by atoms with Crippen LogP contribution in [0, 0.1) is 0 Å². The van der Waals surface area contributed by atoms with E-state index in [4.69, 9.17) is 15.2 Å². The second kappa shape index (κ2) is 4.43. The van der Waals surface area contributed by atoms with Crippen LogP contribution >= 0.6 is 0 Å². The maximum Gasteiger partial charge on any atom is 0.191 e. The third-order valence-electron chi connectivity index (χ3n) is 2.37. The Morgan fingerprint density at radius 3 is 2.08 bits per heavy atom. The topological polar surface area (TPSA) is 60.1 Å². The van der Waals surface area contributed by atoms with Gasteiger partial charge in [-0.05, 0) is 0 Å². The van der Waals surface area contributed by atoms with Gasteiger partial charge in [-0.2, -0.15) is 0 Å². The van der Waals surface area contributed by atoms with Gasteiger partial charge in [-0.25, -0.2) is 0 Å². The summed E-state index contributed by atoms with van der Waals surface area (Å²) in [6.07, 6.45) is 0.176. The van der Waals surface area contributed by atoms with Gasteiger partial charge < -0.3 is 20.1 Å². The van der Waals surface area contributed by atoms with Gasteiger partial charge >= 0.3 is 0 Å². The Kier molecular flexibility index (Phi) is 3.50. The summed E-state index contributed by atoms with van der Waals surface area (Å²) in [5.41, 5.74) is 5.68. The first-order chi connectivity index (χ1) is 6.22. The van der Waals surface area contributed by atoms with Crippen LogP contribution in [-0.2, 0) is 9.47 Å². The zero-order valence-electron chi connectivity index (χ0n) is 8.36. The second-order valence-corrected chi connectivity index (χ2v) is 3.04. The highest BCUT2D eigenvalue weighted by atomic mass is 16.5. The fourth-order valence-corrected chi connectivity index (χ4v) is 1.53. The zero-order valence-corrected chi connectivity index (χ0v) is 8.36. The van der Waals surface area contributed by atoms with E-state index in [-0.39, 0.29) is 12.2 Å². The monoisotopic (exact) mass is 187 g/mol. The average molecular weight is 187 g/mol. The number of nitrogens with two attached hydrogens (primary N) is 1. The first kappa shape index (κ1) is 10.3. The van der Waals surface area contributed by atoms with Gasteiger partial charge in [-0.1, -0.05) is 0 Å². The molecule has 2 atom stereocenters.